The summed E-state index contributed by atoms with van der Waals surface area (Å²) in [5.74, 6) is -0.315. The minimum atomic E-state index is -0.315. The highest BCUT2D eigenvalue weighted by Crippen LogP contribution is 2.23. The van der Waals surface area contributed by atoms with Gasteiger partial charge in [-0.05, 0) is 31.5 Å². The highest BCUT2D eigenvalue weighted by molar-refractivity contribution is 5.47. The Bertz CT molecular complexity index is 548. The Kier molecular flexibility index (Phi) is 4.17. The molecule has 3 heteroatoms. The average molecular weight is 259 g/mol. The van der Waals surface area contributed by atoms with E-state index in [4.69, 9.17) is 0 Å². The molecule has 2 aromatic carbocycles. The van der Waals surface area contributed by atoms with Gasteiger partial charge in [-0.2, -0.15) is 0 Å². The molecule has 19 heavy (non-hydrogen) atoms. The van der Waals surface area contributed by atoms with Crippen molar-refractivity contribution < 1.29 is 9.50 Å². The molecule has 0 heterocycles. The van der Waals surface area contributed by atoms with Crippen molar-refractivity contribution in [2.75, 3.05) is 11.9 Å². The smallest absolute Gasteiger partial charge is 0.146 e. The van der Waals surface area contributed by atoms with Crippen LogP contribution in [0.4, 0.5) is 10.1 Å². The van der Waals surface area contributed by atoms with Crippen LogP contribution < -0.4 is 5.32 Å². The predicted octanol–water partition coefficient (Wildman–Crippen LogP) is 3.59. The number of hydrogen-bond donors (Lipinski definition) is 2. The van der Waals surface area contributed by atoms with Crippen LogP contribution in [0, 0.1) is 19.7 Å². The third-order valence-corrected chi connectivity index (χ3v) is 3.03. The lowest BCUT2D eigenvalue weighted by molar-refractivity contribution is 0.276. The molecule has 0 saturated heterocycles. The molecule has 0 amide bonds. The summed E-state index contributed by atoms with van der Waals surface area (Å²) in [5, 5.41) is 12.6. The molecule has 0 aliphatic heterocycles. The third-order valence-electron chi connectivity index (χ3n) is 3.03. The molecule has 0 aliphatic carbocycles. The average Bonchev–Trinajstić information content (AvgIpc) is 2.36. The lowest BCUT2D eigenvalue weighted by Gasteiger charge is -2.19. The molecule has 0 saturated carbocycles. The van der Waals surface area contributed by atoms with Gasteiger partial charge < -0.3 is 10.4 Å². The van der Waals surface area contributed by atoms with Gasteiger partial charge in [0, 0.05) is 0 Å². The second kappa shape index (κ2) is 5.85. The fourth-order valence-electron chi connectivity index (χ4n) is 2.21. The normalized spacial score (nSPS) is 12.2. The molecule has 1 unspecified atom stereocenters. The zero-order valence-corrected chi connectivity index (χ0v) is 11.2. The van der Waals surface area contributed by atoms with Crippen LogP contribution >= 0.6 is 0 Å². The van der Waals surface area contributed by atoms with Crippen LogP contribution in [0.15, 0.2) is 42.5 Å². The topological polar surface area (TPSA) is 32.3 Å². The Morgan fingerprint density at radius 3 is 2.32 bits per heavy atom. The molecule has 2 aromatic rings. The molecule has 0 bridgehead atoms. The van der Waals surface area contributed by atoms with E-state index in [-0.39, 0.29) is 18.5 Å². The molecule has 100 valence electrons. The van der Waals surface area contributed by atoms with Gasteiger partial charge in [0.2, 0.25) is 0 Å². The summed E-state index contributed by atoms with van der Waals surface area (Å²) in [7, 11) is 0. The minimum Gasteiger partial charge on any atom is -0.394 e. The molecule has 1 atom stereocenters. The molecular weight excluding hydrogens is 241 g/mol. The summed E-state index contributed by atoms with van der Waals surface area (Å²) < 4.78 is 13.6. The SMILES string of the molecule is Cc1cc(C)cc(C(CO)Nc2ccccc2F)c1. The van der Waals surface area contributed by atoms with Crippen molar-refractivity contribution in [2.45, 2.75) is 19.9 Å². The van der Waals surface area contributed by atoms with Gasteiger partial charge in [-0.25, -0.2) is 4.39 Å². The van der Waals surface area contributed by atoms with Gasteiger partial charge in [-0.3, -0.25) is 0 Å². The molecule has 0 spiro atoms. The molecule has 0 aromatic heterocycles. The Labute approximate surface area is 112 Å². The van der Waals surface area contributed by atoms with Crippen molar-refractivity contribution >= 4 is 5.69 Å². The minimum absolute atomic E-state index is 0.0861. The summed E-state index contributed by atoms with van der Waals surface area (Å²) in [6, 6.07) is 12.2. The number of aliphatic hydroxyl groups is 1. The van der Waals surface area contributed by atoms with Crippen LogP contribution in [0.5, 0.6) is 0 Å². The van der Waals surface area contributed by atoms with Gasteiger partial charge in [-0.1, -0.05) is 41.5 Å². The van der Waals surface area contributed by atoms with E-state index in [2.05, 4.69) is 11.4 Å². The highest BCUT2D eigenvalue weighted by Gasteiger charge is 2.12. The first kappa shape index (κ1) is 13.6. The van der Waals surface area contributed by atoms with Crippen LogP contribution in [0.3, 0.4) is 0 Å². The van der Waals surface area contributed by atoms with Crippen molar-refractivity contribution in [3.8, 4) is 0 Å². The largest absolute Gasteiger partial charge is 0.394 e. The molecule has 2 nitrogen and oxygen atoms in total. The summed E-state index contributed by atoms with van der Waals surface area (Å²) in [5.41, 5.74) is 3.62. The van der Waals surface area contributed by atoms with Crippen LogP contribution in [-0.4, -0.2) is 11.7 Å². The summed E-state index contributed by atoms with van der Waals surface area (Å²) in [4.78, 5) is 0. The Morgan fingerprint density at radius 1 is 1.11 bits per heavy atom. The Morgan fingerprint density at radius 2 is 1.74 bits per heavy atom. The summed E-state index contributed by atoms with van der Waals surface area (Å²) in [6.45, 7) is 3.93. The number of nitrogens with one attached hydrogen (secondary N) is 1. The standard InChI is InChI=1S/C16H18FNO/c1-11-7-12(2)9-13(8-11)16(10-19)18-15-6-4-3-5-14(15)17/h3-9,16,18-19H,10H2,1-2H3. The molecule has 2 N–H and O–H groups in total. The van der Waals surface area contributed by atoms with E-state index < -0.39 is 0 Å². The maximum Gasteiger partial charge on any atom is 0.146 e. The van der Waals surface area contributed by atoms with Crippen molar-refractivity contribution in [3.05, 3.63) is 65.0 Å². The first-order chi connectivity index (χ1) is 9.10. The van der Waals surface area contributed by atoms with Crippen molar-refractivity contribution in [1.82, 2.24) is 0 Å². The van der Waals surface area contributed by atoms with E-state index in [0.717, 1.165) is 16.7 Å². The van der Waals surface area contributed by atoms with Crippen LogP contribution in [0.1, 0.15) is 22.7 Å². The van der Waals surface area contributed by atoms with E-state index >= 15 is 0 Å². The monoisotopic (exact) mass is 259 g/mol. The zero-order valence-electron chi connectivity index (χ0n) is 11.2. The van der Waals surface area contributed by atoms with Crippen molar-refractivity contribution in [1.29, 1.82) is 0 Å². The zero-order chi connectivity index (χ0) is 13.8. The quantitative estimate of drug-likeness (QED) is 0.879. The third kappa shape index (κ3) is 3.32. The van der Waals surface area contributed by atoms with Gasteiger partial charge >= 0.3 is 0 Å². The molecule has 0 radical (unpaired) electrons. The number of hydrogen-bond acceptors (Lipinski definition) is 2. The number of aliphatic hydroxyl groups excluding tert-OH is 1. The first-order valence-electron chi connectivity index (χ1n) is 6.30. The predicted molar refractivity (Wildman–Crippen MR) is 75.8 cm³/mol. The number of halogens is 1. The van der Waals surface area contributed by atoms with E-state index in [1.54, 1.807) is 18.2 Å². The van der Waals surface area contributed by atoms with E-state index in [9.17, 15) is 9.50 Å². The molecule has 0 aliphatic rings. The van der Waals surface area contributed by atoms with E-state index in [0.29, 0.717) is 5.69 Å². The van der Waals surface area contributed by atoms with Crippen LogP contribution in [0.2, 0.25) is 0 Å². The van der Waals surface area contributed by atoms with Crippen LogP contribution in [0.25, 0.3) is 0 Å². The number of aryl methyl sites for hydroxylation is 2. The second-order valence-electron chi connectivity index (χ2n) is 4.78. The van der Waals surface area contributed by atoms with E-state index in [1.165, 1.54) is 6.07 Å². The van der Waals surface area contributed by atoms with Gasteiger partial charge in [0.05, 0.1) is 18.3 Å². The van der Waals surface area contributed by atoms with Crippen molar-refractivity contribution in [2.24, 2.45) is 0 Å². The lowest BCUT2D eigenvalue weighted by Crippen LogP contribution is -2.16. The number of anilines is 1. The maximum absolute atomic E-state index is 13.6. The lowest BCUT2D eigenvalue weighted by atomic mass is 10.0. The molecule has 2 rings (SSSR count). The second-order valence-corrected chi connectivity index (χ2v) is 4.78. The van der Waals surface area contributed by atoms with E-state index in [1.807, 2.05) is 26.0 Å². The van der Waals surface area contributed by atoms with Gasteiger partial charge in [0.25, 0.3) is 0 Å². The van der Waals surface area contributed by atoms with Gasteiger partial charge in [0.15, 0.2) is 0 Å². The molecule has 0 fully saturated rings. The van der Waals surface area contributed by atoms with Crippen molar-refractivity contribution in [3.63, 3.8) is 0 Å². The summed E-state index contributed by atoms with van der Waals surface area (Å²) >= 11 is 0. The van der Waals surface area contributed by atoms with Gasteiger partial charge in [0.1, 0.15) is 5.82 Å². The molecular formula is C16H18FNO. The van der Waals surface area contributed by atoms with Crippen LogP contribution in [-0.2, 0) is 0 Å². The maximum atomic E-state index is 13.6. The fraction of sp³-hybridized carbons (Fsp3) is 0.250. The summed E-state index contributed by atoms with van der Waals surface area (Å²) in [6.07, 6.45) is 0. The Balaban J connectivity index is 2.28. The van der Waals surface area contributed by atoms with Gasteiger partial charge in [-0.15, -0.1) is 0 Å². The number of para-hydroxylation sites is 1. The Hall–Kier alpha value is -1.87. The number of benzene rings is 2. The number of rotatable bonds is 4. The fourth-order valence-corrected chi connectivity index (χ4v) is 2.21. The highest BCUT2D eigenvalue weighted by atomic mass is 19.1. The first-order valence-corrected chi connectivity index (χ1v) is 6.30.